The summed E-state index contributed by atoms with van der Waals surface area (Å²) in [5.74, 6) is -1.16. The van der Waals surface area contributed by atoms with Crippen molar-refractivity contribution < 1.29 is 13.6 Å². The Bertz CT molecular complexity index is 672. The van der Waals surface area contributed by atoms with Gasteiger partial charge in [0.15, 0.2) is 0 Å². The first-order chi connectivity index (χ1) is 10.0. The average Bonchev–Trinajstić information content (AvgIpc) is 2.45. The number of nitrogens with zero attached hydrogens (tertiary/aromatic N) is 1. The van der Waals surface area contributed by atoms with Crippen LogP contribution in [0.1, 0.15) is 11.1 Å². The van der Waals surface area contributed by atoms with Crippen LogP contribution in [0.4, 0.5) is 8.78 Å². The molecule has 3 nitrogen and oxygen atoms in total. The Morgan fingerprint density at radius 3 is 2.62 bits per heavy atom. The van der Waals surface area contributed by atoms with E-state index in [1.165, 1.54) is 36.5 Å². The van der Waals surface area contributed by atoms with Gasteiger partial charge in [-0.25, -0.2) is 14.2 Å². The van der Waals surface area contributed by atoms with Crippen molar-refractivity contribution in [1.82, 2.24) is 5.43 Å². The third-order valence-corrected chi connectivity index (χ3v) is 3.12. The molecule has 21 heavy (non-hydrogen) atoms. The summed E-state index contributed by atoms with van der Waals surface area (Å²) >= 11 is 3.22. The van der Waals surface area contributed by atoms with Gasteiger partial charge in [-0.3, -0.25) is 4.79 Å². The number of halogens is 3. The van der Waals surface area contributed by atoms with Gasteiger partial charge in [-0.2, -0.15) is 5.10 Å². The summed E-state index contributed by atoms with van der Waals surface area (Å²) in [5, 5.41) is 3.70. The van der Waals surface area contributed by atoms with Crippen LogP contribution < -0.4 is 5.43 Å². The minimum absolute atomic E-state index is 0.0680. The first kappa shape index (κ1) is 15.3. The van der Waals surface area contributed by atoms with Crippen LogP contribution in [0.5, 0.6) is 0 Å². The highest BCUT2D eigenvalue weighted by Crippen LogP contribution is 2.13. The number of amides is 1. The van der Waals surface area contributed by atoms with Crippen LogP contribution in [0, 0.1) is 11.6 Å². The molecule has 0 saturated carbocycles. The van der Waals surface area contributed by atoms with E-state index < -0.39 is 5.82 Å². The maximum atomic E-state index is 13.4. The minimum Gasteiger partial charge on any atom is -0.273 e. The van der Waals surface area contributed by atoms with Crippen LogP contribution in [0.25, 0.3) is 0 Å². The molecule has 108 valence electrons. The molecule has 0 aliphatic heterocycles. The molecule has 2 aromatic rings. The van der Waals surface area contributed by atoms with Crippen molar-refractivity contribution >= 4 is 28.1 Å². The number of benzene rings is 2. The second-order valence-corrected chi connectivity index (χ2v) is 5.18. The highest BCUT2D eigenvalue weighted by Gasteiger charge is 2.03. The van der Waals surface area contributed by atoms with Crippen LogP contribution in [0.2, 0.25) is 0 Å². The molecule has 2 aromatic carbocycles. The Morgan fingerprint density at radius 2 is 1.90 bits per heavy atom. The zero-order chi connectivity index (χ0) is 15.2. The largest absolute Gasteiger partial charge is 0.273 e. The van der Waals surface area contributed by atoms with Gasteiger partial charge in [-0.15, -0.1) is 0 Å². The maximum absolute atomic E-state index is 13.4. The molecule has 2 rings (SSSR count). The first-order valence-electron chi connectivity index (χ1n) is 6.06. The molecule has 0 aliphatic carbocycles. The van der Waals surface area contributed by atoms with Crippen LogP contribution in [-0.2, 0) is 11.2 Å². The highest BCUT2D eigenvalue weighted by atomic mass is 79.9. The van der Waals surface area contributed by atoms with Crippen LogP contribution in [0.3, 0.4) is 0 Å². The number of carbonyl (C=O) groups excluding carboxylic acids is 1. The lowest BCUT2D eigenvalue weighted by Crippen LogP contribution is -2.19. The molecule has 0 bridgehead atoms. The highest BCUT2D eigenvalue weighted by molar-refractivity contribution is 9.10. The van der Waals surface area contributed by atoms with Crippen molar-refractivity contribution in [3.05, 3.63) is 69.7 Å². The van der Waals surface area contributed by atoms with Crippen molar-refractivity contribution in [1.29, 1.82) is 0 Å². The molecule has 0 saturated heterocycles. The molecule has 1 amide bonds. The second-order valence-electron chi connectivity index (χ2n) is 4.26. The molecule has 6 heteroatoms. The standard InChI is InChI=1S/C15H11BrF2N2O/c16-12-3-6-14(18)11(8-12)9-19-20-15(21)7-10-1-4-13(17)5-2-10/h1-6,8-9H,7H2,(H,20,21)/b19-9+. The summed E-state index contributed by atoms with van der Waals surface area (Å²) in [6, 6.07) is 10.0. The lowest BCUT2D eigenvalue weighted by molar-refractivity contribution is -0.120. The molecule has 0 aromatic heterocycles. The normalized spacial score (nSPS) is 10.8. The Kier molecular flexibility index (Phi) is 5.16. The molecule has 0 atom stereocenters. The third kappa shape index (κ3) is 4.75. The van der Waals surface area contributed by atoms with Gasteiger partial charge in [-0.1, -0.05) is 28.1 Å². The zero-order valence-corrected chi connectivity index (χ0v) is 12.4. The topological polar surface area (TPSA) is 41.5 Å². The van der Waals surface area contributed by atoms with Crippen molar-refractivity contribution in [3.63, 3.8) is 0 Å². The van der Waals surface area contributed by atoms with Crippen molar-refractivity contribution in [2.24, 2.45) is 5.10 Å². The lowest BCUT2D eigenvalue weighted by atomic mass is 10.1. The van der Waals surface area contributed by atoms with E-state index in [1.807, 2.05) is 0 Å². The Hall–Kier alpha value is -2.08. The molecular weight excluding hydrogens is 342 g/mol. The molecule has 0 aliphatic rings. The number of carbonyl (C=O) groups is 1. The van der Waals surface area contributed by atoms with Gasteiger partial charge in [0.05, 0.1) is 12.6 Å². The monoisotopic (exact) mass is 352 g/mol. The zero-order valence-electron chi connectivity index (χ0n) is 10.8. The second kappa shape index (κ2) is 7.08. The number of hydrogen-bond donors (Lipinski definition) is 1. The minimum atomic E-state index is -0.435. The maximum Gasteiger partial charge on any atom is 0.244 e. The van der Waals surface area contributed by atoms with E-state index >= 15 is 0 Å². The van der Waals surface area contributed by atoms with Gasteiger partial charge in [0.1, 0.15) is 11.6 Å². The Labute approximate surface area is 128 Å². The molecule has 0 fully saturated rings. The first-order valence-corrected chi connectivity index (χ1v) is 6.85. The summed E-state index contributed by atoms with van der Waals surface area (Å²) in [4.78, 5) is 11.6. The van der Waals surface area contributed by atoms with E-state index in [1.54, 1.807) is 12.1 Å². The summed E-state index contributed by atoms with van der Waals surface area (Å²) in [6.45, 7) is 0. The summed E-state index contributed by atoms with van der Waals surface area (Å²) in [5.41, 5.74) is 3.22. The van der Waals surface area contributed by atoms with E-state index in [2.05, 4.69) is 26.5 Å². The van der Waals surface area contributed by atoms with Crippen LogP contribution in [0.15, 0.2) is 52.0 Å². The molecular formula is C15H11BrF2N2O. The smallest absolute Gasteiger partial charge is 0.244 e. The molecule has 1 N–H and O–H groups in total. The number of nitrogens with one attached hydrogen (secondary N) is 1. The number of rotatable bonds is 4. The summed E-state index contributed by atoms with van der Waals surface area (Å²) in [7, 11) is 0. The summed E-state index contributed by atoms with van der Waals surface area (Å²) in [6.07, 6.45) is 1.29. The van der Waals surface area contributed by atoms with Gasteiger partial charge in [0.2, 0.25) is 5.91 Å². The van der Waals surface area contributed by atoms with Gasteiger partial charge < -0.3 is 0 Å². The van der Waals surface area contributed by atoms with E-state index in [4.69, 9.17) is 0 Å². The predicted octanol–water partition coefficient (Wildman–Crippen LogP) is 3.42. The number of hydrogen-bond acceptors (Lipinski definition) is 2. The van der Waals surface area contributed by atoms with Crippen LogP contribution in [-0.4, -0.2) is 12.1 Å². The fraction of sp³-hybridized carbons (Fsp3) is 0.0667. The molecule has 0 radical (unpaired) electrons. The number of hydrazone groups is 1. The predicted molar refractivity (Wildman–Crippen MR) is 79.9 cm³/mol. The van der Waals surface area contributed by atoms with E-state index in [0.29, 0.717) is 10.0 Å². The molecule has 0 heterocycles. The molecule has 0 unspecified atom stereocenters. The summed E-state index contributed by atoms with van der Waals surface area (Å²) < 4.78 is 26.9. The SMILES string of the molecule is O=C(Cc1ccc(F)cc1)N/N=C/c1cc(Br)ccc1F. The quantitative estimate of drug-likeness (QED) is 0.664. The fourth-order valence-electron chi connectivity index (χ4n) is 1.61. The van der Waals surface area contributed by atoms with E-state index in [-0.39, 0.29) is 23.7 Å². The molecule has 0 spiro atoms. The lowest BCUT2D eigenvalue weighted by Gasteiger charge is -2.01. The van der Waals surface area contributed by atoms with Crippen molar-refractivity contribution in [3.8, 4) is 0 Å². The van der Waals surface area contributed by atoms with E-state index in [9.17, 15) is 13.6 Å². The van der Waals surface area contributed by atoms with Crippen molar-refractivity contribution in [2.45, 2.75) is 6.42 Å². The van der Waals surface area contributed by atoms with Crippen LogP contribution >= 0.6 is 15.9 Å². The van der Waals surface area contributed by atoms with Gasteiger partial charge >= 0.3 is 0 Å². The fourth-order valence-corrected chi connectivity index (χ4v) is 1.99. The third-order valence-electron chi connectivity index (χ3n) is 2.63. The average molecular weight is 353 g/mol. The van der Waals surface area contributed by atoms with Gasteiger partial charge in [-0.05, 0) is 35.9 Å². The Balaban J connectivity index is 1.93. The van der Waals surface area contributed by atoms with E-state index in [0.717, 1.165) is 0 Å². The van der Waals surface area contributed by atoms with Crippen molar-refractivity contribution in [2.75, 3.05) is 0 Å². The Morgan fingerprint density at radius 1 is 1.19 bits per heavy atom. The van der Waals surface area contributed by atoms with Gasteiger partial charge in [0.25, 0.3) is 0 Å². The van der Waals surface area contributed by atoms with Gasteiger partial charge in [0, 0.05) is 10.0 Å².